The normalized spacial score (nSPS) is 12.6. The summed E-state index contributed by atoms with van der Waals surface area (Å²) >= 11 is 1.37. The minimum Gasteiger partial charge on any atom is -0.494 e. The van der Waals surface area contributed by atoms with Gasteiger partial charge in [-0.3, -0.25) is 9.59 Å². The number of carbonyl (C=O) groups is 3. The number of hydrogen-bond donors (Lipinski definition) is 4. The second kappa shape index (κ2) is 18.4. The fraction of sp³-hybridized carbons (Fsp3) is 0.410. The van der Waals surface area contributed by atoms with Gasteiger partial charge in [0.1, 0.15) is 17.8 Å². The van der Waals surface area contributed by atoms with Gasteiger partial charge in [-0.05, 0) is 60.2 Å². The Morgan fingerprint density at radius 3 is 2.10 bits per heavy atom. The number of thiophene rings is 1. The van der Waals surface area contributed by atoms with E-state index in [0.29, 0.717) is 10.7 Å². The molecule has 0 fully saturated rings. The van der Waals surface area contributed by atoms with Crippen molar-refractivity contribution in [3.63, 3.8) is 0 Å². The maximum Gasteiger partial charge on any atom is 0.326 e. The third-order valence-corrected chi connectivity index (χ3v) is 9.78. The Morgan fingerprint density at radius 1 is 0.840 bits per heavy atom. The maximum atomic E-state index is 13.4. The Balaban J connectivity index is 1.42. The van der Waals surface area contributed by atoms with E-state index < -0.39 is 29.9 Å². The molecule has 2 heterocycles. The van der Waals surface area contributed by atoms with E-state index in [2.05, 4.69) is 48.3 Å². The van der Waals surface area contributed by atoms with Gasteiger partial charge < -0.3 is 26.2 Å². The maximum absolute atomic E-state index is 13.4. The van der Waals surface area contributed by atoms with E-state index in [1.54, 1.807) is 18.5 Å². The van der Waals surface area contributed by atoms with E-state index in [4.69, 9.17) is 10.5 Å². The molecule has 2 atom stereocenters. The minimum absolute atomic E-state index is 0.0636. The van der Waals surface area contributed by atoms with Crippen molar-refractivity contribution in [1.82, 2.24) is 20.6 Å². The number of nitrogens with zero attached hydrogens (tertiary/aromatic N) is 2. The zero-order valence-corrected chi connectivity index (χ0v) is 30.2. The standard InChI is InChI=1S/C39H49N5O5S/c1-5-6-7-8-9-22-49-30-16-14-27(15-17-30)29-24-41-35(42-25-29)28-12-10-26(11-13-28)23-32(36(45)43-31(20-21-40)38(47)48)44-37(46)33-18-19-34(50-33)39(2,3)4/h10-19,24-25,31-32H,5-9,20-23,40H2,1-4H3,(H,43,45)(H,44,46)(H,47,48). The fourth-order valence-electron chi connectivity index (χ4n) is 5.29. The highest BCUT2D eigenvalue weighted by Crippen LogP contribution is 2.29. The van der Waals surface area contributed by atoms with Gasteiger partial charge >= 0.3 is 5.97 Å². The van der Waals surface area contributed by atoms with Gasteiger partial charge in [-0.15, -0.1) is 11.3 Å². The van der Waals surface area contributed by atoms with Crippen LogP contribution in [-0.2, 0) is 21.4 Å². The van der Waals surface area contributed by atoms with E-state index in [1.807, 2.05) is 54.6 Å². The van der Waals surface area contributed by atoms with Crippen molar-refractivity contribution < 1.29 is 24.2 Å². The van der Waals surface area contributed by atoms with E-state index in [0.717, 1.165) is 45.9 Å². The highest BCUT2D eigenvalue weighted by molar-refractivity contribution is 7.14. The van der Waals surface area contributed by atoms with Crippen molar-refractivity contribution in [3.05, 3.63) is 88.4 Å². The Labute approximate surface area is 298 Å². The van der Waals surface area contributed by atoms with Crippen molar-refractivity contribution in [2.75, 3.05) is 13.2 Å². The second-order valence-corrected chi connectivity index (χ2v) is 14.5. The van der Waals surface area contributed by atoms with Gasteiger partial charge in [0.15, 0.2) is 5.82 Å². The van der Waals surface area contributed by atoms with Gasteiger partial charge in [0.05, 0.1) is 11.5 Å². The number of nitrogens with one attached hydrogen (secondary N) is 2. The summed E-state index contributed by atoms with van der Waals surface area (Å²) in [6, 6.07) is 16.8. The molecule has 0 aliphatic heterocycles. The molecule has 4 aromatic rings. The molecule has 10 nitrogen and oxygen atoms in total. The fourth-order valence-corrected chi connectivity index (χ4v) is 6.26. The van der Waals surface area contributed by atoms with E-state index in [1.165, 1.54) is 37.0 Å². The number of aliphatic carboxylic acids is 1. The number of carboxylic acids is 1. The van der Waals surface area contributed by atoms with Crippen LogP contribution in [0.25, 0.3) is 22.5 Å². The third kappa shape index (κ3) is 11.2. The Bertz CT molecular complexity index is 1680. The highest BCUT2D eigenvalue weighted by atomic mass is 32.1. The number of ether oxygens (including phenoxy) is 1. The van der Waals surface area contributed by atoms with Crippen molar-refractivity contribution in [2.24, 2.45) is 5.73 Å². The van der Waals surface area contributed by atoms with Crippen LogP contribution in [0.5, 0.6) is 5.75 Å². The van der Waals surface area contributed by atoms with E-state index in [9.17, 15) is 19.5 Å². The van der Waals surface area contributed by atoms with Crippen LogP contribution >= 0.6 is 11.3 Å². The van der Waals surface area contributed by atoms with Crippen molar-refractivity contribution in [3.8, 4) is 28.3 Å². The summed E-state index contributed by atoms with van der Waals surface area (Å²) in [4.78, 5) is 49.0. The van der Waals surface area contributed by atoms with Gasteiger partial charge in [-0.2, -0.15) is 0 Å². The summed E-state index contributed by atoms with van der Waals surface area (Å²) in [6.07, 6.45) is 9.77. The predicted octanol–water partition coefficient (Wildman–Crippen LogP) is 6.78. The largest absolute Gasteiger partial charge is 0.494 e. The van der Waals surface area contributed by atoms with Gasteiger partial charge in [0, 0.05) is 34.8 Å². The molecule has 2 unspecified atom stereocenters. The molecule has 0 spiro atoms. The first-order chi connectivity index (χ1) is 24.0. The molecule has 4 rings (SSSR count). The number of rotatable bonds is 18. The molecular formula is C39H49N5O5S. The second-order valence-electron chi connectivity index (χ2n) is 13.4. The van der Waals surface area contributed by atoms with Gasteiger partial charge in [0.25, 0.3) is 5.91 Å². The van der Waals surface area contributed by atoms with Crippen LogP contribution in [0, 0.1) is 0 Å². The molecular weight excluding hydrogens is 651 g/mol. The van der Waals surface area contributed by atoms with Crippen LogP contribution < -0.4 is 21.1 Å². The molecule has 50 heavy (non-hydrogen) atoms. The van der Waals surface area contributed by atoms with Crippen LogP contribution in [0.3, 0.4) is 0 Å². The number of amides is 2. The average molecular weight is 700 g/mol. The lowest BCUT2D eigenvalue weighted by atomic mass is 9.95. The number of unbranched alkanes of at least 4 members (excludes halogenated alkanes) is 4. The Kier molecular flexibility index (Phi) is 14.1. The molecule has 0 aliphatic rings. The summed E-state index contributed by atoms with van der Waals surface area (Å²) in [7, 11) is 0. The first-order valence-electron chi connectivity index (χ1n) is 17.3. The topological polar surface area (TPSA) is 157 Å². The van der Waals surface area contributed by atoms with Crippen LogP contribution in [0.15, 0.2) is 73.1 Å². The lowest BCUT2D eigenvalue weighted by Gasteiger charge is -2.21. The number of carboxylic acid groups (broad SMARTS) is 1. The van der Waals surface area contributed by atoms with Crippen molar-refractivity contribution >= 4 is 29.1 Å². The number of aromatic nitrogens is 2. The molecule has 2 aromatic heterocycles. The summed E-state index contributed by atoms with van der Waals surface area (Å²) < 4.78 is 5.89. The molecule has 2 amide bonds. The molecule has 5 N–H and O–H groups in total. The van der Waals surface area contributed by atoms with E-state index in [-0.39, 0.29) is 24.8 Å². The number of nitrogens with two attached hydrogens (primary N) is 1. The third-order valence-electron chi connectivity index (χ3n) is 8.27. The van der Waals surface area contributed by atoms with Gasteiger partial charge in [0.2, 0.25) is 5.91 Å². The smallest absolute Gasteiger partial charge is 0.326 e. The number of benzene rings is 2. The predicted molar refractivity (Wildman–Crippen MR) is 198 cm³/mol. The summed E-state index contributed by atoms with van der Waals surface area (Å²) in [5.41, 5.74) is 8.87. The van der Waals surface area contributed by atoms with Crippen LogP contribution in [-0.4, -0.2) is 58.1 Å². The number of carbonyl (C=O) groups excluding carboxylic acids is 2. The zero-order valence-electron chi connectivity index (χ0n) is 29.4. The molecule has 0 saturated carbocycles. The Hall–Kier alpha value is -4.61. The van der Waals surface area contributed by atoms with E-state index >= 15 is 0 Å². The zero-order chi connectivity index (χ0) is 36.1. The molecule has 0 saturated heterocycles. The van der Waals surface area contributed by atoms with Crippen LogP contribution in [0.1, 0.15) is 86.3 Å². The highest BCUT2D eigenvalue weighted by Gasteiger charge is 2.28. The average Bonchev–Trinajstić information content (AvgIpc) is 3.62. The van der Waals surface area contributed by atoms with Crippen molar-refractivity contribution in [2.45, 2.75) is 90.1 Å². The first kappa shape index (κ1) is 38.2. The van der Waals surface area contributed by atoms with Gasteiger partial charge in [-0.1, -0.05) is 89.8 Å². The SMILES string of the molecule is CCCCCCCOc1ccc(-c2cnc(-c3ccc(CC(NC(=O)c4ccc(C(C)(C)C)s4)C(=O)NC(CCN)C(=O)O)cc3)nc2)cc1. The Morgan fingerprint density at radius 2 is 1.50 bits per heavy atom. The molecule has 0 aliphatic carbocycles. The monoisotopic (exact) mass is 699 g/mol. The molecule has 0 radical (unpaired) electrons. The molecule has 0 bridgehead atoms. The molecule has 2 aromatic carbocycles. The first-order valence-corrected chi connectivity index (χ1v) is 18.1. The summed E-state index contributed by atoms with van der Waals surface area (Å²) in [5.74, 6) is -0.797. The minimum atomic E-state index is -1.19. The quantitative estimate of drug-likeness (QED) is 0.0829. The lowest BCUT2D eigenvalue weighted by Crippen LogP contribution is -2.52. The van der Waals surface area contributed by atoms with Crippen LogP contribution in [0.2, 0.25) is 0 Å². The summed E-state index contributed by atoms with van der Waals surface area (Å²) in [5, 5.41) is 14.9. The van der Waals surface area contributed by atoms with Gasteiger partial charge in [-0.25, -0.2) is 14.8 Å². The molecule has 266 valence electrons. The summed E-state index contributed by atoms with van der Waals surface area (Å²) in [6.45, 7) is 9.21. The number of hydrogen-bond acceptors (Lipinski definition) is 8. The van der Waals surface area contributed by atoms with Crippen molar-refractivity contribution in [1.29, 1.82) is 0 Å². The molecule has 11 heteroatoms. The lowest BCUT2D eigenvalue weighted by molar-refractivity contribution is -0.142. The van der Waals surface area contributed by atoms with Crippen LogP contribution in [0.4, 0.5) is 0 Å².